The van der Waals surface area contributed by atoms with Crippen LogP contribution in [0.1, 0.15) is 61.9 Å². The molecule has 3 rings (SSSR count). The number of imide groups is 1. The van der Waals surface area contributed by atoms with Gasteiger partial charge in [-0.25, -0.2) is 4.79 Å². The van der Waals surface area contributed by atoms with Gasteiger partial charge in [-0.1, -0.05) is 32.0 Å². The molecule has 1 saturated heterocycles. The van der Waals surface area contributed by atoms with Crippen LogP contribution in [0.25, 0.3) is 0 Å². The van der Waals surface area contributed by atoms with Gasteiger partial charge in [0, 0.05) is 18.5 Å². The minimum atomic E-state index is -1.00. The van der Waals surface area contributed by atoms with E-state index in [0.29, 0.717) is 11.4 Å². The topological polar surface area (TPSA) is 92.8 Å². The Morgan fingerprint density at radius 1 is 1.00 bits per heavy atom. The van der Waals surface area contributed by atoms with Crippen molar-refractivity contribution in [1.29, 1.82) is 0 Å². The van der Waals surface area contributed by atoms with Gasteiger partial charge in [0.15, 0.2) is 6.10 Å². The molecule has 0 aliphatic carbocycles. The standard InChI is InChI=1S/C24H26N2O5/c1-4-15(2)19-7-5-6-8-20(19)25-23(29)16(3)31-24(30)17-9-11-18(12-10-17)26-21(27)13-14-22(26)28/h5-12,15-16H,4,13-14H2,1-3H3,(H,25,29)/t15-,16-/m0/s1. The molecule has 2 aromatic carbocycles. The normalized spacial score (nSPS) is 15.5. The van der Waals surface area contributed by atoms with Crippen molar-refractivity contribution in [3.05, 3.63) is 59.7 Å². The average molecular weight is 422 g/mol. The van der Waals surface area contributed by atoms with Crippen molar-refractivity contribution in [3.8, 4) is 0 Å². The molecule has 7 heteroatoms. The van der Waals surface area contributed by atoms with Gasteiger partial charge < -0.3 is 10.1 Å². The third-order valence-electron chi connectivity index (χ3n) is 5.43. The lowest BCUT2D eigenvalue weighted by atomic mass is 9.97. The molecule has 0 bridgehead atoms. The van der Waals surface area contributed by atoms with Crippen LogP contribution in [0, 0.1) is 0 Å². The first-order chi connectivity index (χ1) is 14.8. The Hall–Kier alpha value is -3.48. The minimum absolute atomic E-state index is 0.190. The van der Waals surface area contributed by atoms with E-state index < -0.39 is 18.0 Å². The van der Waals surface area contributed by atoms with Gasteiger partial charge in [-0.3, -0.25) is 19.3 Å². The van der Waals surface area contributed by atoms with E-state index in [4.69, 9.17) is 4.74 Å². The molecule has 1 aliphatic heterocycles. The summed E-state index contributed by atoms with van der Waals surface area (Å²) in [6, 6.07) is 13.5. The fourth-order valence-corrected chi connectivity index (χ4v) is 3.39. The lowest BCUT2D eigenvalue weighted by Crippen LogP contribution is -2.30. The quantitative estimate of drug-likeness (QED) is 0.537. The number of nitrogens with one attached hydrogen (secondary N) is 1. The summed E-state index contributed by atoms with van der Waals surface area (Å²) < 4.78 is 5.31. The monoisotopic (exact) mass is 422 g/mol. The fraction of sp³-hybridized carbons (Fsp3) is 0.333. The Morgan fingerprint density at radius 2 is 1.61 bits per heavy atom. The number of anilines is 2. The molecule has 1 fully saturated rings. The third kappa shape index (κ3) is 4.99. The number of hydrogen-bond donors (Lipinski definition) is 1. The number of hydrogen-bond acceptors (Lipinski definition) is 5. The highest BCUT2D eigenvalue weighted by Crippen LogP contribution is 2.27. The molecule has 7 nitrogen and oxygen atoms in total. The summed E-state index contributed by atoms with van der Waals surface area (Å²) in [5, 5.41) is 2.84. The highest BCUT2D eigenvalue weighted by Gasteiger charge is 2.30. The Balaban J connectivity index is 1.63. The Labute approximate surface area is 181 Å². The number of para-hydroxylation sites is 1. The van der Waals surface area contributed by atoms with Crippen molar-refractivity contribution in [2.75, 3.05) is 10.2 Å². The molecule has 0 spiro atoms. The fourth-order valence-electron chi connectivity index (χ4n) is 3.39. The molecule has 1 heterocycles. The highest BCUT2D eigenvalue weighted by molar-refractivity contribution is 6.19. The molecular weight excluding hydrogens is 396 g/mol. The van der Waals surface area contributed by atoms with E-state index in [1.807, 2.05) is 24.3 Å². The van der Waals surface area contributed by atoms with Crippen molar-refractivity contribution in [2.45, 2.75) is 52.1 Å². The molecule has 0 radical (unpaired) electrons. The maximum atomic E-state index is 12.6. The zero-order chi connectivity index (χ0) is 22.5. The first kappa shape index (κ1) is 22.2. The maximum Gasteiger partial charge on any atom is 0.338 e. The Bertz CT molecular complexity index is 983. The Kier molecular flexibility index (Phi) is 6.84. The van der Waals surface area contributed by atoms with Gasteiger partial charge in [-0.15, -0.1) is 0 Å². The molecule has 3 amide bonds. The van der Waals surface area contributed by atoms with Gasteiger partial charge in [-0.2, -0.15) is 0 Å². The summed E-state index contributed by atoms with van der Waals surface area (Å²) in [6.45, 7) is 5.67. The van der Waals surface area contributed by atoms with E-state index in [0.717, 1.165) is 16.9 Å². The van der Waals surface area contributed by atoms with E-state index in [2.05, 4.69) is 19.2 Å². The number of amides is 3. The highest BCUT2D eigenvalue weighted by atomic mass is 16.5. The number of carbonyl (C=O) groups is 4. The van der Waals surface area contributed by atoms with Gasteiger partial charge in [-0.05, 0) is 55.2 Å². The van der Waals surface area contributed by atoms with Crippen molar-refractivity contribution in [3.63, 3.8) is 0 Å². The number of nitrogens with zero attached hydrogens (tertiary/aromatic N) is 1. The minimum Gasteiger partial charge on any atom is -0.449 e. The third-order valence-corrected chi connectivity index (χ3v) is 5.43. The lowest BCUT2D eigenvalue weighted by molar-refractivity contribution is -0.124. The lowest BCUT2D eigenvalue weighted by Gasteiger charge is -2.18. The van der Waals surface area contributed by atoms with Crippen LogP contribution in [-0.4, -0.2) is 29.8 Å². The van der Waals surface area contributed by atoms with E-state index in [9.17, 15) is 19.2 Å². The molecule has 1 N–H and O–H groups in total. The van der Waals surface area contributed by atoms with E-state index >= 15 is 0 Å². The van der Waals surface area contributed by atoms with Crippen LogP contribution < -0.4 is 10.2 Å². The summed E-state index contributed by atoms with van der Waals surface area (Å²) in [6.07, 6.45) is 0.311. The van der Waals surface area contributed by atoms with Crippen LogP contribution in [0.5, 0.6) is 0 Å². The largest absolute Gasteiger partial charge is 0.449 e. The molecular formula is C24H26N2O5. The molecule has 0 unspecified atom stereocenters. The van der Waals surface area contributed by atoms with Crippen molar-refractivity contribution in [1.82, 2.24) is 0 Å². The van der Waals surface area contributed by atoms with Crippen LogP contribution in [0.3, 0.4) is 0 Å². The number of rotatable bonds is 7. The second kappa shape index (κ2) is 9.55. The smallest absolute Gasteiger partial charge is 0.338 e. The van der Waals surface area contributed by atoms with Crippen molar-refractivity contribution >= 4 is 35.1 Å². The zero-order valence-corrected chi connectivity index (χ0v) is 17.9. The van der Waals surface area contributed by atoms with Gasteiger partial charge in [0.25, 0.3) is 5.91 Å². The first-order valence-electron chi connectivity index (χ1n) is 10.4. The van der Waals surface area contributed by atoms with Crippen LogP contribution in [-0.2, 0) is 19.1 Å². The molecule has 2 atom stereocenters. The SMILES string of the molecule is CC[C@H](C)c1ccccc1NC(=O)[C@H](C)OC(=O)c1ccc(N2C(=O)CCC2=O)cc1. The van der Waals surface area contributed by atoms with E-state index in [1.165, 1.54) is 31.2 Å². The van der Waals surface area contributed by atoms with E-state index in [-0.39, 0.29) is 36.1 Å². The van der Waals surface area contributed by atoms with Crippen molar-refractivity contribution < 1.29 is 23.9 Å². The molecule has 2 aromatic rings. The average Bonchev–Trinajstić information content (AvgIpc) is 3.11. The number of benzene rings is 2. The maximum absolute atomic E-state index is 12.6. The van der Waals surface area contributed by atoms with Gasteiger partial charge in [0.05, 0.1) is 11.3 Å². The Morgan fingerprint density at radius 3 is 2.23 bits per heavy atom. The molecule has 162 valence electrons. The molecule has 0 aromatic heterocycles. The van der Waals surface area contributed by atoms with Crippen LogP contribution in [0.2, 0.25) is 0 Å². The van der Waals surface area contributed by atoms with E-state index in [1.54, 1.807) is 0 Å². The number of carbonyl (C=O) groups excluding carboxylic acids is 4. The van der Waals surface area contributed by atoms with Crippen LogP contribution >= 0.6 is 0 Å². The summed E-state index contributed by atoms with van der Waals surface area (Å²) in [5.41, 5.74) is 2.37. The summed E-state index contributed by atoms with van der Waals surface area (Å²) in [7, 11) is 0. The van der Waals surface area contributed by atoms with Crippen LogP contribution in [0.4, 0.5) is 11.4 Å². The first-order valence-corrected chi connectivity index (χ1v) is 10.4. The zero-order valence-electron chi connectivity index (χ0n) is 17.9. The van der Waals surface area contributed by atoms with Gasteiger partial charge in [0.1, 0.15) is 0 Å². The summed E-state index contributed by atoms with van der Waals surface area (Å²) in [5.74, 6) is -1.33. The predicted octanol–water partition coefficient (Wildman–Crippen LogP) is 4.04. The second-order valence-corrected chi connectivity index (χ2v) is 7.60. The molecule has 31 heavy (non-hydrogen) atoms. The number of esters is 1. The second-order valence-electron chi connectivity index (χ2n) is 7.60. The van der Waals surface area contributed by atoms with Gasteiger partial charge in [0.2, 0.25) is 11.8 Å². The molecule has 1 aliphatic rings. The number of ether oxygens (including phenoxy) is 1. The summed E-state index contributed by atoms with van der Waals surface area (Å²) in [4.78, 5) is 49.8. The summed E-state index contributed by atoms with van der Waals surface area (Å²) >= 11 is 0. The van der Waals surface area contributed by atoms with Gasteiger partial charge >= 0.3 is 5.97 Å². The van der Waals surface area contributed by atoms with Crippen LogP contribution in [0.15, 0.2) is 48.5 Å². The molecule has 0 saturated carbocycles. The van der Waals surface area contributed by atoms with Crippen molar-refractivity contribution in [2.24, 2.45) is 0 Å². The predicted molar refractivity (Wildman–Crippen MR) is 117 cm³/mol.